The average molecular weight is 485 g/mol. The van der Waals surface area contributed by atoms with Crippen molar-refractivity contribution in [2.24, 2.45) is 0 Å². The van der Waals surface area contributed by atoms with Crippen LogP contribution in [0.5, 0.6) is 5.75 Å². The van der Waals surface area contributed by atoms with Crippen LogP contribution < -0.4 is 15.4 Å². The summed E-state index contributed by atoms with van der Waals surface area (Å²) >= 11 is 4.62. The van der Waals surface area contributed by atoms with Gasteiger partial charge < -0.3 is 20.1 Å². The number of ether oxygens (including phenoxy) is 2. The number of anilines is 1. The fourth-order valence-electron chi connectivity index (χ4n) is 2.43. The lowest BCUT2D eigenvalue weighted by atomic mass is 10.1. The van der Waals surface area contributed by atoms with Gasteiger partial charge in [0.15, 0.2) is 0 Å². The number of amides is 1. The maximum absolute atomic E-state index is 14.1. The highest BCUT2D eigenvalue weighted by Crippen LogP contribution is 2.34. The fourth-order valence-corrected chi connectivity index (χ4v) is 2.52. The van der Waals surface area contributed by atoms with Crippen LogP contribution in [0.3, 0.4) is 0 Å². The first-order valence-corrected chi connectivity index (χ1v) is 9.11. The van der Waals surface area contributed by atoms with Crippen LogP contribution in [0.2, 0.25) is 0 Å². The van der Waals surface area contributed by atoms with Gasteiger partial charge in [-0.25, -0.2) is 9.18 Å². The smallest absolute Gasteiger partial charge is 0.463 e. The molecule has 0 heterocycles. The number of halogens is 7. The van der Waals surface area contributed by atoms with E-state index in [4.69, 9.17) is 0 Å². The fraction of sp³-hybridized carbons (Fsp3) is 0.263. The predicted octanol–water partition coefficient (Wildman–Crippen LogP) is 4.66. The number of hydrogen-bond donors (Lipinski definition) is 2. The maximum atomic E-state index is 14.1. The molecule has 2 aromatic rings. The van der Waals surface area contributed by atoms with Gasteiger partial charge in [-0.05, 0) is 55.5 Å². The molecule has 0 aliphatic carbocycles. The molecule has 0 aromatic heterocycles. The summed E-state index contributed by atoms with van der Waals surface area (Å²) < 4.78 is 89.3. The number of hydrogen-bond acceptors (Lipinski definition) is 5. The second kappa shape index (κ2) is 9.55. The third-order valence-corrected chi connectivity index (χ3v) is 3.91. The molecule has 1 atom stereocenters. The molecule has 0 saturated carbocycles. The lowest BCUT2D eigenvalue weighted by Gasteiger charge is -2.35. The Morgan fingerprint density at radius 1 is 0.969 bits per heavy atom. The summed E-state index contributed by atoms with van der Waals surface area (Å²) in [4.78, 5) is 24.8. The zero-order valence-electron chi connectivity index (χ0n) is 16.1. The average Bonchev–Trinajstić information content (AvgIpc) is 2.67. The van der Waals surface area contributed by atoms with E-state index in [1.807, 2.05) is 5.32 Å². The second-order valence-electron chi connectivity index (χ2n) is 6.13. The maximum Gasteiger partial charge on any atom is 0.487 e. The monoisotopic (exact) mass is 484 g/mol. The number of carbonyl (C=O) groups excluding carboxylic acids is 2. The molecule has 13 heteroatoms. The Balaban J connectivity index is 2.44. The van der Waals surface area contributed by atoms with E-state index >= 15 is 0 Å². The molecule has 0 saturated heterocycles. The van der Waals surface area contributed by atoms with Crippen LogP contribution >= 0.6 is 11.6 Å². The van der Waals surface area contributed by atoms with Gasteiger partial charge in [0.05, 0.1) is 6.61 Å². The van der Waals surface area contributed by atoms with Gasteiger partial charge in [-0.1, -0.05) is 0 Å². The van der Waals surface area contributed by atoms with Gasteiger partial charge in [-0.2, -0.15) is 13.2 Å². The van der Waals surface area contributed by atoms with E-state index in [1.54, 1.807) is 5.32 Å². The first-order chi connectivity index (χ1) is 14.8. The molecule has 0 spiro atoms. The molecule has 174 valence electrons. The molecule has 0 radical (unpaired) electrons. The van der Waals surface area contributed by atoms with Crippen LogP contribution in [0.25, 0.3) is 0 Å². The third-order valence-electron chi connectivity index (χ3n) is 3.83. The molecule has 2 N–H and O–H groups in total. The van der Waals surface area contributed by atoms with Gasteiger partial charge in [0.25, 0.3) is 5.91 Å². The summed E-state index contributed by atoms with van der Waals surface area (Å²) in [7, 11) is 0. The molecule has 2 rings (SSSR count). The zero-order chi connectivity index (χ0) is 24.2. The standard InChI is InChI=1S/C19H15ClF6N2O4/c1-2-31-16(30)17(18(22,23)24,28-15(29)11-3-5-12(21)6-4-11)27-13-7-9-14(10-8-13)32-19(20,25)26/h3-10,27H,2H2,1H3,(H,28,29)/t17-/m0/s1. The van der Waals surface area contributed by atoms with Crippen molar-refractivity contribution in [1.82, 2.24) is 5.32 Å². The molecule has 0 unspecified atom stereocenters. The highest BCUT2D eigenvalue weighted by Gasteiger charge is 2.63. The Morgan fingerprint density at radius 3 is 2.00 bits per heavy atom. The van der Waals surface area contributed by atoms with Crippen molar-refractivity contribution >= 4 is 29.2 Å². The topological polar surface area (TPSA) is 76.7 Å². The molecule has 0 fully saturated rings. The van der Waals surface area contributed by atoms with Crippen molar-refractivity contribution in [2.75, 3.05) is 11.9 Å². The molecule has 0 bridgehead atoms. The van der Waals surface area contributed by atoms with Crippen molar-refractivity contribution in [3.05, 3.63) is 59.9 Å². The van der Waals surface area contributed by atoms with Crippen molar-refractivity contribution < 1.29 is 45.4 Å². The summed E-state index contributed by atoms with van der Waals surface area (Å²) in [5, 5.41) is 3.39. The highest BCUT2D eigenvalue weighted by molar-refractivity contribution is 6.20. The van der Waals surface area contributed by atoms with E-state index in [1.165, 1.54) is 6.92 Å². The number of rotatable bonds is 8. The van der Waals surface area contributed by atoms with E-state index in [2.05, 4.69) is 21.1 Å². The highest BCUT2D eigenvalue weighted by atomic mass is 35.5. The van der Waals surface area contributed by atoms with Crippen LogP contribution in [-0.4, -0.2) is 35.9 Å². The van der Waals surface area contributed by atoms with Gasteiger partial charge in [-0.3, -0.25) is 4.79 Å². The van der Waals surface area contributed by atoms with E-state index in [0.717, 1.165) is 48.5 Å². The molecule has 2 aromatic carbocycles. The lowest BCUT2D eigenvalue weighted by Crippen LogP contribution is -2.69. The Morgan fingerprint density at radius 2 is 1.53 bits per heavy atom. The Hall–Kier alpha value is -3.15. The largest absolute Gasteiger partial charge is 0.487 e. The Bertz CT molecular complexity index is 948. The van der Waals surface area contributed by atoms with Crippen LogP contribution in [0.4, 0.5) is 32.0 Å². The molecule has 32 heavy (non-hydrogen) atoms. The SMILES string of the molecule is CCOC(=O)[C@@](NC(=O)c1ccc(F)cc1)(Nc1ccc(OC(F)(F)Cl)cc1)C(F)(F)F. The second-order valence-corrected chi connectivity index (χ2v) is 6.57. The quantitative estimate of drug-likeness (QED) is 0.247. The van der Waals surface area contributed by atoms with Crippen LogP contribution in [0.1, 0.15) is 17.3 Å². The number of alkyl halides is 6. The minimum atomic E-state index is -5.44. The van der Waals surface area contributed by atoms with E-state index in [9.17, 15) is 35.9 Å². The predicted molar refractivity (Wildman–Crippen MR) is 101 cm³/mol. The normalized spacial score (nSPS) is 13.6. The first-order valence-electron chi connectivity index (χ1n) is 8.73. The number of esters is 1. The van der Waals surface area contributed by atoms with E-state index < -0.39 is 53.1 Å². The van der Waals surface area contributed by atoms with Crippen molar-refractivity contribution in [3.63, 3.8) is 0 Å². The zero-order valence-corrected chi connectivity index (χ0v) is 16.9. The van der Waals surface area contributed by atoms with Gasteiger partial charge in [0.1, 0.15) is 11.6 Å². The summed E-state index contributed by atoms with van der Waals surface area (Å²) in [6.07, 6.45) is -5.44. The van der Waals surface area contributed by atoms with Crippen LogP contribution in [0.15, 0.2) is 48.5 Å². The minimum Gasteiger partial charge on any atom is -0.463 e. The van der Waals surface area contributed by atoms with E-state index in [-0.39, 0.29) is 5.56 Å². The van der Waals surface area contributed by atoms with Crippen molar-refractivity contribution in [3.8, 4) is 5.75 Å². The van der Waals surface area contributed by atoms with Gasteiger partial charge >= 0.3 is 23.4 Å². The van der Waals surface area contributed by atoms with Gasteiger partial charge in [0, 0.05) is 22.9 Å². The van der Waals surface area contributed by atoms with Crippen LogP contribution in [-0.2, 0) is 9.53 Å². The Labute approximate surface area is 182 Å². The summed E-state index contributed by atoms with van der Waals surface area (Å²) in [5.41, 5.74) is -8.62. The number of benzene rings is 2. The van der Waals surface area contributed by atoms with Gasteiger partial charge in [0.2, 0.25) is 0 Å². The minimum absolute atomic E-state index is 0.376. The van der Waals surface area contributed by atoms with Crippen LogP contribution in [0, 0.1) is 5.82 Å². The summed E-state index contributed by atoms with van der Waals surface area (Å²) in [6, 6.07) is 6.97. The molecule has 6 nitrogen and oxygen atoms in total. The van der Waals surface area contributed by atoms with Gasteiger partial charge in [-0.15, -0.1) is 8.78 Å². The summed E-state index contributed by atoms with van der Waals surface area (Å²) in [5.74, 6) is -4.49. The number of nitrogens with one attached hydrogen (secondary N) is 2. The molecule has 0 aliphatic rings. The lowest BCUT2D eigenvalue weighted by molar-refractivity contribution is -0.204. The summed E-state index contributed by atoms with van der Waals surface area (Å²) in [6.45, 7) is 0.793. The van der Waals surface area contributed by atoms with Crippen molar-refractivity contribution in [1.29, 1.82) is 0 Å². The molecule has 1 amide bonds. The Kier molecular flexibility index (Phi) is 7.50. The molecular formula is C19H15ClF6N2O4. The van der Waals surface area contributed by atoms with E-state index in [0.29, 0.717) is 0 Å². The number of carbonyl (C=O) groups is 2. The first kappa shape index (κ1) is 25.1. The molecule has 0 aliphatic heterocycles. The molecular weight excluding hydrogens is 470 g/mol. The third kappa shape index (κ3) is 6.19. The van der Waals surface area contributed by atoms with Crippen molar-refractivity contribution in [2.45, 2.75) is 24.3 Å².